The summed E-state index contributed by atoms with van der Waals surface area (Å²) in [6.07, 6.45) is 0. The summed E-state index contributed by atoms with van der Waals surface area (Å²) in [6.45, 7) is 3.24. The first-order valence-electron chi connectivity index (χ1n) is 6.40. The van der Waals surface area contributed by atoms with E-state index >= 15 is 0 Å². The summed E-state index contributed by atoms with van der Waals surface area (Å²) in [5.74, 6) is 7.08. The van der Waals surface area contributed by atoms with E-state index in [1.165, 1.54) is 0 Å². The molecule has 0 radical (unpaired) electrons. The molecule has 0 unspecified atom stereocenters. The molecule has 0 fully saturated rings. The molecule has 2 aromatic rings. The maximum Gasteiger partial charge on any atom is 0.142 e. The van der Waals surface area contributed by atoms with Crippen molar-refractivity contribution in [2.45, 2.75) is 6.92 Å². The molecule has 0 aliphatic carbocycles. The minimum Gasteiger partial charge on any atom is -0.492 e. The topological polar surface area (TPSA) is 21.3 Å². The van der Waals surface area contributed by atoms with Gasteiger partial charge in [0.2, 0.25) is 0 Å². The molecule has 0 aromatic heterocycles. The van der Waals surface area contributed by atoms with Gasteiger partial charge in [-0.1, -0.05) is 42.2 Å². The van der Waals surface area contributed by atoms with Crippen LogP contribution in [0.15, 0.2) is 54.6 Å². The molecule has 2 aromatic carbocycles. The Morgan fingerprint density at radius 3 is 2.53 bits per heavy atom. The highest BCUT2D eigenvalue weighted by Crippen LogP contribution is 2.23. The molecular formula is C17H17NO. The minimum absolute atomic E-state index is 0.596. The average Bonchev–Trinajstić information content (AvgIpc) is 2.47. The lowest BCUT2D eigenvalue weighted by molar-refractivity contribution is 0.342. The second-order valence-electron chi connectivity index (χ2n) is 3.95. The molecule has 0 aliphatic rings. The lowest BCUT2D eigenvalue weighted by Gasteiger charge is -2.09. The Morgan fingerprint density at radius 2 is 1.74 bits per heavy atom. The fourth-order valence-corrected chi connectivity index (χ4v) is 1.70. The summed E-state index contributed by atoms with van der Waals surface area (Å²) in [7, 11) is 0. The summed E-state index contributed by atoms with van der Waals surface area (Å²) in [4.78, 5) is 0. The first-order chi connectivity index (χ1) is 9.40. The molecule has 2 rings (SSSR count). The van der Waals surface area contributed by atoms with Crippen LogP contribution in [0.25, 0.3) is 0 Å². The van der Waals surface area contributed by atoms with Gasteiger partial charge in [-0.15, -0.1) is 0 Å². The fraction of sp³-hybridized carbons (Fsp3) is 0.176. The molecule has 0 atom stereocenters. The van der Waals surface area contributed by atoms with Crippen molar-refractivity contribution in [3.63, 3.8) is 0 Å². The maximum absolute atomic E-state index is 5.54. The number of para-hydroxylation sites is 2. The molecule has 2 heteroatoms. The Morgan fingerprint density at radius 1 is 1.00 bits per heavy atom. The standard InChI is InChI=1S/C17H17NO/c1-2-19-17-13-7-6-12-16(17)18-14-8-11-15-9-4-3-5-10-15/h3-7,9-10,12-13,18H,2,14H2,1H3. The van der Waals surface area contributed by atoms with E-state index in [2.05, 4.69) is 17.2 Å². The molecular weight excluding hydrogens is 234 g/mol. The van der Waals surface area contributed by atoms with Crippen LogP contribution in [0.5, 0.6) is 5.75 Å². The number of anilines is 1. The highest BCUT2D eigenvalue weighted by molar-refractivity contribution is 5.56. The molecule has 1 N–H and O–H groups in total. The van der Waals surface area contributed by atoms with Gasteiger partial charge < -0.3 is 10.1 Å². The lowest BCUT2D eigenvalue weighted by Crippen LogP contribution is -2.02. The van der Waals surface area contributed by atoms with Crippen molar-refractivity contribution in [3.8, 4) is 17.6 Å². The third-order valence-corrected chi connectivity index (χ3v) is 2.56. The van der Waals surface area contributed by atoms with Gasteiger partial charge in [-0.2, -0.15) is 0 Å². The number of rotatable bonds is 4. The van der Waals surface area contributed by atoms with Crippen LogP contribution >= 0.6 is 0 Å². The van der Waals surface area contributed by atoms with E-state index in [-0.39, 0.29) is 0 Å². The molecule has 2 nitrogen and oxygen atoms in total. The van der Waals surface area contributed by atoms with Gasteiger partial charge in [-0.3, -0.25) is 0 Å². The third-order valence-electron chi connectivity index (χ3n) is 2.56. The SMILES string of the molecule is CCOc1ccccc1NCC#Cc1ccccc1. The van der Waals surface area contributed by atoms with Gasteiger partial charge >= 0.3 is 0 Å². The van der Waals surface area contributed by atoms with Crippen LogP contribution in [-0.2, 0) is 0 Å². The first kappa shape index (κ1) is 13.0. The summed E-state index contributed by atoms with van der Waals surface area (Å²) in [5, 5.41) is 3.27. The molecule has 0 saturated carbocycles. The van der Waals surface area contributed by atoms with Crippen LogP contribution in [0.1, 0.15) is 12.5 Å². The van der Waals surface area contributed by atoms with E-state index < -0.39 is 0 Å². The molecule has 0 amide bonds. The van der Waals surface area contributed by atoms with Crippen molar-refractivity contribution < 1.29 is 4.74 Å². The highest BCUT2D eigenvalue weighted by atomic mass is 16.5. The second-order valence-corrected chi connectivity index (χ2v) is 3.95. The lowest BCUT2D eigenvalue weighted by atomic mass is 10.2. The molecule has 19 heavy (non-hydrogen) atoms. The maximum atomic E-state index is 5.54. The van der Waals surface area contributed by atoms with Gasteiger partial charge in [-0.25, -0.2) is 0 Å². The van der Waals surface area contributed by atoms with Gasteiger partial charge in [-0.05, 0) is 31.2 Å². The number of hydrogen-bond donors (Lipinski definition) is 1. The van der Waals surface area contributed by atoms with Gasteiger partial charge in [0.25, 0.3) is 0 Å². The molecule has 0 aliphatic heterocycles. The smallest absolute Gasteiger partial charge is 0.142 e. The third kappa shape index (κ3) is 4.08. The van der Waals surface area contributed by atoms with Crippen molar-refractivity contribution in [3.05, 3.63) is 60.2 Å². The van der Waals surface area contributed by atoms with Crippen LogP contribution in [0.2, 0.25) is 0 Å². The monoisotopic (exact) mass is 251 g/mol. The van der Waals surface area contributed by atoms with Crippen LogP contribution < -0.4 is 10.1 Å². The number of ether oxygens (including phenoxy) is 1. The van der Waals surface area contributed by atoms with Crippen molar-refractivity contribution in [2.24, 2.45) is 0 Å². The fourth-order valence-electron chi connectivity index (χ4n) is 1.70. The predicted molar refractivity (Wildman–Crippen MR) is 79.4 cm³/mol. The van der Waals surface area contributed by atoms with Crippen LogP contribution in [-0.4, -0.2) is 13.2 Å². The zero-order chi connectivity index (χ0) is 13.3. The Kier molecular flexibility index (Phi) is 4.89. The van der Waals surface area contributed by atoms with Crippen molar-refractivity contribution in [1.29, 1.82) is 0 Å². The van der Waals surface area contributed by atoms with Crippen LogP contribution in [0, 0.1) is 11.8 Å². The zero-order valence-corrected chi connectivity index (χ0v) is 11.0. The second kappa shape index (κ2) is 7.13. The van der Waals surface area contributed by atoms with E-state index in [1.807, 2.05) is 61.5 Å². The molecule has 0 bridgehead atoms. The molecule has 0 saturated heterocycles. The summed E-state index contributed by atoms with van der Waals surface area (Å²) >= 11 is 0. The van der Waals surface area contributed by atoms with Gasteiger partial charge in [0.15, 0.2) is 0 Å². The zero-order valence-electron chi connectivity index (χ0n) is 11.0. The van der Waals surface area contributed by atoms with E-state index in [0.717, 1.165) is 17.0 Å². The highest BCUT2D eigenvalue weighted by Gasteiger charge is 1.99. The van der Waals surface area contributed by atoms with E-state index in [0.29, 0.717) is 13.2 Å². The number of nitrogens with one attached hydrogen (secondary N) is 1. The van der Waals surface area contributed by atoms with E-state index in [9.17, 15) is 0 Å². The Balaban J connectivity index is 1.95. The van der Waals surface area contributed by atoms with Gasteiger partial charge in [0.05, 0.1) is 18.8 Å². The van der Waals surface area contributed by atoms with Gasteiger partial charge in [0, 0.05) is 5.56 Å². The summed E-state index contributed by atoms with van der Waals surface area (Å²) in [5.41, 5.74) is 2.01. The largest absolute Gasteiger partial charge is 0.492 e. The van der Waals surface area contributed by atoms with E-state index in [1.54, 1.807) is 0 Å². The Hall–Kier alpha value is -2.40. The molecule has 96 valence electrons. The van der Waals surface area contributed by atoms with E-state index in [4.69, 9.17) is 4.74 Å². The number of hydrogen-bond acceptors (Lipinski definition) is 2. The summed E-state index contributed by atoms with van der Waals surface area (Å²) in [6, 6.07) is 17.9. The average molecular weight is 251 g/mol. The molecule has 0 spiro atoms. The predicted octanol–water partition coefficient (Wildman–Crippen LogP) is 3.55. The van der Waals surface area contributed by atoms with Crippen LogP contribution in [0.3, 0.4) is 0 Å². The Labute approximate surface area is 114 Å². The minimum atomic E-state index is 0.596. The number of benzene rings is 2. The Bertz CT molecular complexity index is 567. The first-order valence-corrected chi connectivity index (χ1v) is 6.40. The van der Waals surface area contributed by atoms with Crippen molar-refractivity contribution >= 4 is 5.69 Å². The van der Waals surface area contributed by atoms with Crippen LogP contribution in [0.4, 0.5) is 5.69 Å². The summed E-state index contributed by atoms with van der Waals surface area (Å²) < 4.78 is 5.54. The van der Waals surface area contributed by atoms with Crippen molar-refractivity contribution in [1.82, 2.24) is 0 Å². The van der Waals surface area contributed by atoms with Crippen molar-refractivity contribution in [2.75, 3.05) is 18.5 Å². The quantitative estimate of drug-likeness (QED) is 0.839. The normalized spacial score (nSPS) is 9.32. The van der Waals surface area contributed by atoms with Gasteiger partial charge in [0.1, 0.15) is 5.75 Å². The molecule has 0 heterocycles.